The maximum Gasteiger partial charge on any atom is 0.337 e. The molecule has 1 atom stereocenters. The van der Waals surface area contributed by atoms with Crippen molar-refractivity contribution in [3.63, 3.8) is 0 Å². The highest BCUT2D eigenvalue weighted by molar-refractivity contribution is 5.99. The van der Waals surface area contributed by atoms with Crippen LogP contribution in [-0.2, 0) is 14.3 Å². The maximum absolute atomic E-state index is 12.1. The summed E-state index contributed by atoms with van der Waals surface area (Å²) >= 11 is 0. The molecule has 118 valence electrons. The number of benzene rings is 1. The maximum atomic E-state index is 12.1. The summed E-state index contributed by atoms with van der Waals surface area (Å²) in [6.07, 6.45) is 0.267. The van der Waals surface area contributed by atoms with Crippen LogP contribution in [0.5, 0.6) is 0 Å². The number of carbonyl (C=O) groups excluding carboxylic acids is 4. The Hall–Kier alpha value is -2.70. The molecule has 0 aromatic heterocycles. The lowest BCUT2D eigenvalue weighted by Crippen LogP contribution is -2.44. The molecule has 0 saturated carbocycles. The largest absolute Gasteiger partial charge is 0.465 e. The quantitative estimate of drug-likeness (QED) is 0.709. The van der Waals surface area contributed by atoms with E-state index in [1.165, 1.54) is 38.3 Å². The van der Waals surface area contributed by atoms with E-state index in [0.29, 0.717) is 0 Å². The first kappa shape index (κ1) is 17.4. The van der Waals surface area contributed by atoms with Gasteiger partial charge in [-0.15, -0.1) is 0 Å². The highest BCUT2D eigenvalue weighted by Crippen LogP contribution is 2.08. The Morgan fingerprint density at radius 1 is 1.23 bits per heavy atom. The third-order valence-electron chi connectivity index (χ3n) is 2.98. The summed E-state index contributed by atoms with van der Waals surface area (Å²) in [4.78, 5) is 45.8. The summed E-state index contributed by atoms with van der Waals surface area (Å²) in [5.74, 6) is -1.96. The molecular weight excluding hydrogens is 288 g/mol. The molecule has 2 amide bonds. The van der Waals surface area contributed by atoms with E-state index >= 15 is 0 Å². The molecule has 7 nitrogen and oxygen atoms in total. The number of rotatable bonds is 7. The number of hydrogen-bond donors (Lipinski definition) is 2. The number of methoxy groups -OCH3 is 1. The zero-order valence-corrected chi connectivity index (χ0v) is 12.4. The number of ether oxygens (including phenoxy) is 1. The van der Waals surface area contributed by atoms with Crippen LogP contribution in [0, 0.1) is 0 Å². The van der Waals surface area contributed by atoms with Crippen molar-refractivity contribution < 1.29 is 23.9 Å². The lowest BCUT2D eigenvalue weighted by molar-refractivity contribution is -0.120. The van der Waals surface area contributed by atoms with Gasteiger partial charge in [0.1, 0.15) is 11.8 Å². The van der Waals surface area contributed by atoms with E-state index in [1.54, 1.807) is 0 Å². The van der Waals surface area contributed by atoms with Crippen molar-refractivity contribution in [1.29, 1.82) is 0 Å². The summed E-state index contributed by atoms with van der Waals surface area (Å²) in [7, 11) is 1.24. The monoisotopic (exact) mass is 306 g/mol. The minimum Gasteiger partial charge on any atom is -0.465 e. The zero-order chi connectivity index (χ0) is 16.7. The van der Waals surface area contributed by atoms with Crippen LogP contribution in [0.3, 0.4) is 0 Å². The van der Waals surface area contributed by atoms with Gasteiger partial charge in [0.25, 0.3) is 5.91 Å². The van der Waals surface area contributed by atoms with E-state index in [2.05, 4.69) is 10.1 Å². The van der Waals surface area contributed by atoms with Crippen molar-refractivity contribution in [2.45, 2.75) is 25.8 Å². The van der Waals surface area contributed by atoms with E-state index in [0.717, 1.165) is 0 Å². The van der Waals surface area contributed by atoms with Gasteiger partial charge < -0.3 is 20.6 Å². The van der Waals surface area contributed by atoms with Crippen molar-refractivity contribution in [3.05, 3.63) is 35.4 Å². The van der Waals surface area contributed by atoms with Crippen LogP contribution in [0.4, 0.5) is 0 Å². The molecule has 0 unspecified atom stereocenters. The highest BCUT2D eigenvalue weighted by atomic mass is 16.5. The van der Waals surface area contributed by atoms with Crippen LogP contribution in [0.15, 0.2) is 24.3 Å². The third kappa shape index (κ3) is 5.01. The minimum atomic E-state index is -0.946. The van der Waals surface area contributed by atoms with Crippen molar-refractivity contribution in [1.82, 2.24) is 5.32 Å². The summed E-state index contributed by atoms with van der Waals surface area (Å²) in [6.45, 7) is 1.39. The number of nitrogens with one attached hydrogen (secondary N) is 1. The van der Waals surface area contributed by atoms with Crippen LogP contribution in [-0.4, -0.2) is 36.7 Å². The topological polar surface area (TPSA) is 116 Å². The predicted molar refractivity (Wildman–Crippen MR) is 78.1 cm³/mol. The average molecular weight is 306 g/mol. The molecule has 0 saturated heterocycles. The van der Waals surface area contributed by atoms with E-state index in [9.17, 15) is 19.2 Å². The fourth-order valence-corrected chi connectivity index (χ4v) is 1.78. The molecule has 0 aliphatic rings. The lowest BCUT2D eigenvalue weighted by atomic mass is 10.1. The Balaban J connectivity index is 2.83. The Morgan fingerprint density at radius 3 is 2.41 bits per heavy atom. The first-order valence-corrected chi connectivity index (χ1v) is 6.63. The van der Waals surface area contributed by atoms with Crippen molar-refractivity contribution >= 4 is 23.6 Å². The van der Waals surface area contributed by atoms with Crippen molar-refractivity contribution in [3.8, 4) is 0 Å². The Kier molecular flexibility index (Phi) is 6.25. The number of esters is 1. The first-order chi connectivity index (χ1) is 10.3. The van der Waals surface area contributed by atoms with E-state index < -0.39 is 23.8 Å². The zero-order valence-electron chi connectivity index (χ0n) is 12.4. The molecular formula is C15H18N2O5. The highest BCUT2D eigenvalue weighted by Gasteiger charge is 2.20. The van der Waals surface area contributed by atoms with Crippen LogP contribution >= 0.6 is 0 Å². The fraction of sp³-hybridized carbons (Fsp3) is 0.333. The number of primary amides is 1. The van der Waals surface area contributed by atoms with Crippen molar-refractivity contribution in [2.75, 3.05) is 7.11 Å². The van der Waals surface area contributed by atoms with Crippen LogP contribution < -0.4 is 11.1 Å². The third-order valence-corrected chi connectivity index (χ3v) is 2.98. The minimum absolute atomic E-state index is 0.104. The Labute approximate surface area is 127 Å². The van der Waals surface area contributed by atoms with Gasteiger partial charge >= 0.3 is 5.97 Å². The van der Waals surface area contributed by atoms with Crippen molar-refractivity contribution in [2.24, 2.45) is 5.73 Å². The van der Waals surface area contributed by atoms with Gasteiger partial charge in [0.05, 0.1) is 12.7 Å². The number of hydrogen-bond acceptors (Lipinski definition) is 5. The summed E-state index contributed by atoms with van der Waals surface area (Å²) in [6, 6.07) is 4.92. The van der Waals surface area contributed by atoms with Crippen LogP contribution in [0.1, 0.15) is 40.5 Å². The number of ketones is 1. The molecule has 0 aliphatic carbocycles. The molecule has 22 heavy (non-hydrogen) atoms. The molecule has 0 heterocycles. The fourth-order valence-electron chi connectivity index (χ4n) is 1.78. The van der Waals surface area contributed by atoms with Crippen LogP contribution in [0.25, 0.3) is 0 Å². The molecule has 3 N–H and O–H groups in total. The molecule has 1 rings (SSSR count). The number of carbonyl (C=O) groups is 4. The van der Waals surface area contributed by atoms with E-state index in [-0.39, 0.29) is 29.8 Å². The summed E-state index contributed by atoms with van der Waals surface area (Å²) < 4.78 is 4.57. The number of nitrogens with two attached hydrogens (primary N) is 1. The van der Waals surface area contributed by atoms with Gasteiger partial charge in [0.15, 0.2) is 0 Å². The molecule has 0 bridgehead atoms. The summed E-state index contributed by atoms with van der Waals surface area (Å²) in [5, 5.41) is 2.45. The molecule has 1 aromatic carbocycles. The molecule has 0 fully saturated rings. The lowest BCUT2D eigenvalue weighted by Gasteiger charge is -2.15. The normalized spacial score (nSPS) is 11.4. The van der Waals surface area contributed by atoms with Gasteiger partial charge in [-0.05, 0) is 31.5 Å². The first-order valence-electron chi connectivity index (χ1n) is 6.63. The predicted octanol–water partition coefficient (Wildman–Crippen LogP) is 0.426. The number of Topliss-reactive ketones (excluding diaryl/α,β-unsaturated/α-hetero) is 1. The summed E-state index contributed by atoms with van der Waals surface area (Å²) in [5.41, 5.74) is 5.62. The van der Waals surface area contributed by atoms with Gasteiger partial charge in [-0.2, -0.15) is 0 Å². The average Bonchev–Trinajstić information content (AvgIpc) is 2.49. The SMILES string of the molecule is COC(=O)c1cccc(C(=O)N[C@H](CCC(C)=O)C(N)=O)c1. The Morgan fingerprint density at radius 2 is 1.86 bits per heavy atom. The second-order valence-electron chi connectivity index (χ2n) is 4.74. The van der Waals surface area contributed by atoms with E-state index in [4.69, 9.17) is 5.73 Å². The molecule has 0 radical (unpaired) electrons. The molecule has 0 aliphatic heterocycles. The second kappa shape index (κ2) is 7.92. The van der Waals surface area contributed by atoms with Gasteiger partial charge in [-0.25, -0.2) is 4.79 Å². The van der Waals surface area contributed by atoms with Gasteiger partial charge in [-0.3, -0.25) is 9.59 Å². The van der Waals surface area contributed by atoms with Gasteiger partial charge in [0.2, 0.25) is 5.91 Å². The van der Waals surface area contributed by atoms with E-state index in [1.807, 2.05) is 0 Å². The standard InChI is InChI=1S/C15H18N2O5/c1-9(18)6-7-12(13(16)19)17-14(20)10-4-3-5-11(8-10)15(21)22-2/h3-5,8,12H,6-7H2,1-2H3,(H2,16,19)(H,17,20)/t12-/m1/s1. The molecule has 0 spiro atoms. The Bertz CT molecular complexity index is 597. The molecule has 1 aromatic rings. The number of amides is 2. The van der Waals surface area contributed by atoms with Crippen LogP contribution in [0.2, 0.25) is 0 Å². The van der Waals surface area contributed by atoms with Gasteiger partial charge in [-0.1, -0.05) is 6.07 Å². The smallest absolute Gasteiger partial charge is 0.337 e. The molecule has 7 heteroatoms. The second-order valence-corrected chi connectivity index (χ2v) is 4.74. The van der Waals surface area contributed by atoms with Gasteiger partial charge in [0, 0.05) is 12.0 Å².